The topological polar surface area (TPSA) is 20.3 Å². The summed E-state index contributed by atoms with van der Waals surface area (Å²) in [5.74, 6) is 6.39. The Hall–Kier alpha value is -2.53. The minimum Gasteiger partial charge on any atom is -0.309 e. The molecule has 22 heavy (non-hydrogen) atoms. The van der Waals surface area contributed by atoms with E-state index in [4.69, 9.17) is 0 Å². The first-order chi connectivity index (χ1) is 10.8. The van der Waals surface area contributed by atoms with E-state index >= 15 is 0 Å². The van der Waals surface area contributed by atoms with Crippen LogP contribution in [-0.2, 0) is 11.3 Å². The van der Waals surface area contributed by atoms with Crippen molar-refractivity contribution in [1.29, 1.82) is 0 Å². The molecule has 0 atom stereocenters. The Morgan fingerprint density at radius 3 is 2.50 bits per heavy atom. The monoisotopic (exact) mass is 291 g/mol. The van der Waals surface area contributed by atoms with Gasteiger partial charge in [-0.2, -0.15) is 0 Å². The zero-order valence-electron chi connectivity index (χ0n) is 13.0. The number of para-hydroxylation sites is 1. The molecule has 0 saturated heterocycles. The second-order valence-electron chi connectivity index (χ2n) is 5.14. The van der Waals surface area contributed by atoms with Gasteiger partial charge in [-0.05, 0) is 24.1 Å². The molecule has 0 N–H and O–H groups in total. The van der Waals surface area contributed by atoms with Gasteiger partial charge >= 0.3 is 0 Å². The molecule has 0 heterocycles. The van der Waals surface area contributed by atoms with Crippen LogP contribution in [-0.4, -0.2) is 6.41 Å². The molecule has 0 spiro atoms. The molecule has 0 unspecified atom stereocenters. The highest BCUT2D eigenvalue weighted by molar-refractivity contribution is 5.79. The summed E-state index contributed by atoms with van der Waals surface area (Å²) in [6.07, 6.45) is 4.02. The quantitative estimate of drug-likeness (QED) is 0.439. The Balaban J connectivity index is 2.21. The number of unbranched alkanes of at least 4 members (excludes halogenated alkanes) is 2. The molecular formula is C20H21NO. The second kappa shape index (κ2) is 8.69. The van der Waals surface area contributed by atoms with Gasteiger partial charge in [0.25, 0.3) is 0 Å². The van der Waals surface area contributed by atoms with E-state index < -0.39 is 0 Å². The standard InChI is InChI=1S/C20H21NO/c1-2-3-4-8-13-19-14-9-10-15-20(19)21(17-22)16-18-11-6-5-7-12-18/h5-7,9-12,14-15,17H,2-4,16H2,1H3. The fourth-order valence-corrected chi connectivity index (χ4v) is 2.21. The molecule has 0 saturated carbocycles. The van der Waals surface area contributed by atoms with Gasteiger partial charge in [0.05, 0.1) is 12.2 Å². The van der Waals surface area contributed by atoms with Gasteiger partial charge in [0.1, 0.15) is 0 Å². The van der Waals surface area contributed by atoms with E-state index in [1.54, 1.807) is 4.90 Å². The van der Waals surface area contributed by atoms with Gasteiger partial charge in [0.2, 0.25) is 6.41 Å². The van der Waals surface area contributed by atoms with Crippen molar-refractivity contribution in [3.05, 3.63) is 65.7 Å². The first kappa shape index (κ1) is 15.9. The molecule has 2 nitrogen and oxygen atoms in total. The van der Waals surface area contributed by atoms with E-state index in [1.807, 2.05) is 54.6 Å². The molecule has 2 aromatic rings. The maximum Gasteiger partial charge on any atom is 0.214 e. The lowest BCUT2D eigenvalue weighted by Crippen LogP contribution is -2.21. The van der Waals surface area contributed by atoms with Crippen molar-refractivity contribution < 1.29 is 4.79 Å². The third-order valence-electron chi connectivity index (χ3n) is 3.41. The van der Waals surface area contributed by atoms with Gasteiger partial charge in [-0.1, -0.05) is 67.6 Å². The third kappa shape index (κ3) is 4.49. The third-order valence-corrected chi connectivity index (χ3v) is 3.41. The summed E-state index contributed by atoms with van der Waals surface area (Å²) in [6, 6.07) is 17.8. The number of carbonyl (C=O) groups excluding carboxylic acids is 1. The van der Waals surface area contributed by atoms with Gasteiger partial charge < -0.3 is 4.90 Å². The van der Waals surface area contributed by atoms with Gasteiger partial charge in [-0.15, -0.1) is 0 Å². The van der Waals surface area contributed by atoms with Gasteiger partial charge in [0, 0.05) is 12.0 Å². The summed E-state index contributed by atoms with van der Waals surface area (Å²) >= 11 is 0. The largest absolute Gasteiger partial charge is 0.309 e. The molecule has 1 amide bonds. The molecule has 0 aromatic heterocycles. The number of benzene rings is 2. The molecule has 112 valence electrons. The van der Waals surface area contributed by atoms with Crippen LogP contribution in [0.1, 0.15) is 37.3 Å². The van der Waals surface area contributed by atoms with Crippen LogP contribution in [0.4, 0.5) is 5.69 Å². The summed E-state index contributed by atoms with van der Waals surface area (Å²) in [6.45, 7) is 2.71. The van der Waals surface area contributed by atoms with Crippen molar-refractivity contribution in [2.75, 3.05) is 4.90 Å². The highest BCUT2D eigenvalue weighted by Crippen LogP contribution is 2.20. The van der Waals surface area contributed by atoms with Crippen molar-refractivity contribution >= 4 is 12.1 Å². The van der Waals surface area contributed by atoms with Crippen molar-refractivity contribution in [2.45, 2.75) is 32.7 Å². The van der Waals surface area contributed by atoms with Gasteiger partial charge in [0.15, 0.2) is 0 Å². The maximum atomic E-state index is 11.5. The summed E-state index contributed by atoms with van der Waals surface area (Å²) in [4.78, 5) is 13.2. The number of rotatable bonds is 6. The predicted molar refractivity (Wildman–Crippen MR) is 91.5 cm³/mol. The molecule has 0 bridgehead atoms. The minimum atomic E-state index is 0.554. The lowest BCUT2D eigenvalue weighted by molar-refractivity contribution is -0.107. The van der Waals surface area contributed by atoms with E-state index in [-0.39, 0.29) is 0 Å². The summed E-state index contributed by atoms with van der Waals surface area (Å²) in [7, 11) is 0. The highest BCUT2D eigenvalue weighted by atomic mass is 16.1. The van der Waals surface area contributed by atoms with Crippen LogP contribution >= 0.6 is 0 Å². The van der Waals surface area contributed by atoms with E-state index in [2.05, 4.69) is 18.8 Å². The average Bonchev–Trinajstić information content (AvgIpc) is 2.58. The Morgan fingerprint density at radius 2 is 1.77 bits per heavy atom. The van der Waals surface area contributed by atoms with Crippen LogP contribution in [0.2, 0.25) is 0 Å². The molecule has 0 aliphatic heterocycles. The summed E-state index contributed by atoms with van der Waals surface area (Å²) < 4.78 is 0. The van der Waals surface area contributed by atoms with Gasteiger partial charge in [-0.25, -0.2) is 0 Å². The van der Waals surface area contributed by atoms with Crippen LogP contribution < -0.4 is 4.90 Å². The van der Waals surface area contributed by atoms with Crippen LogP contribution in [0, 0.1) is 11.8 Å². The zero-order chi connectivity index (χ0) is 15.6. The van der Waals surface area contributed by atoms with E-state index in [9.17, 15) is 4.79 Å². The molecule has 2 rings (SSSR count). The smallest absolute Gasteiger partial charge is 0.214 e. The first-order valence-electron chi connectivity index (χ1n) is 7.69. The molecule has 0 aliphatic rings. The number of carbonyl (C=O) groups is 1. The Labute approximate surface area is 132 Å². The van der Waals surface area contributed by atoms with Gasteiger partial charge in [-0.3, -0.25) is 4.79 Å². The average molecular weight is 291 g/mol. The van der Waals surface area contributed by atoms with E-state index in [1.165, 1.54) is 0 Å². The van der Waals surface area contributed by atoms with Crippen LogP contribution in [0.3, 0.4) is 0 Å². The first-order valence-corrected chi connectivity index (χ1v) is 7.69. The maximum absolute atomic E-state index is 11.5. The number of hydrogen-bond donors (Lipinski definition) is 0. The SMILES string of the molecule is CCCCC#Cc1ccccc1N(C=O)Cc1ccccc1. The van der Waals surface area contributed by atoms with Crippen molar-refractivity contribution in [1.82, 2.24) is 0 Å². The lowest BCUT2D eigenvalue weighted by atomic mass is 10.1. The predicted octanol–water partition coefficient (Wildman–Crippen LogP) is 4.39. The molecule has 0 fully saturated rings. The second-order valence-corrected chi connectivity index (χ2v) is 5.14. The fourth-order valence-electron chi connectivity index (χ4n) is 2.21. The minimum absolute atomic E-state index is 0.554. The summed E-state index contributed by atoms with van der Waals surface area (Å²) in [5.41, 5.74) is 2.87. The Kier molecular flexibility index (Phi) is 6.26. The van der Waals surface area contributed by atoms with Crippen LogP contribution in [0.25, 0.3) is 0 Å². The normalized spacial score (nSPS) is 9.68. The molecular weight excluding hydrogens is 270 g/mol. The molecule has 2 aromatic carbocycles. The Bertz CT molecular complexity index is 652. The van der Waals surface area contributed by atoms with E-state index in [0.717, 1.165) is 42.5 Å². The lowest BCUT2D eigenvalue weighted by Gasteiger charge is -2.19. The molecule has 0 aliphatic carbocycles. The molecule has 2 heteroatoms. The van der Waals surface area contributed by atoms with Crippen molar-refractivity contribution in [3.8, 4) is 11.8 Å². The van der Waals surface area contributed by atoms with Crippen molar-refractivity contribution in [3.63, 3.8) is 0 Å². The Morgan fingerprint density at radius 1 is 1.05 bits per heavy atom. The number of nitrogens with zero attached hydrogens (tertiary/aromatic N) is 1. The van der Waals surface area contributed by atoms with Crippen LogP contribution in [0.15, 0.2) is 54.6 Å². The molecule has 0 radical (unpaired) electrons. The van der Waals surface area contributed by atoms with E-state index in [0.29, 0.717) is 6.54 Å². The number of hydrogen-bond acceptors (Lipinski definition) is 1. The number of amides is 1. The van der Waals surface area contributed by atoms with Crippen LogP contribution in [0.5, 0.6) is 0 Å². The van der Waals surface area contributed by atoms with Crippen molar-refractivity contribution in [2.24, 2.45) is 0 Å². The summed E-state index contributed by atoms with van der Waals surface area (Å²) in [5, 5.41) is 0. The number of anilines is 1. The fraction of sp³-hybridized carbons (Fsp3) is 0.250. The zero-order valence-corrected chi connectivity index (χ0v) is 13.0. The highest BCUT2D eigenvalue weighted by Gasteiger charge is 2.09.